The molecular weight excluding hydrogens is 885 g/mol. The standard InChI is InChI=1S/C52H60N4O11Si/c1-5-64-68(65-6-2,66-7-3)36-14-29-53-52(59)63-35-33-61-31-30-60-32-34-62-51(58)38(4)67-45-27-28-46(47(57)37-45)50-55-48(43-23-19-41(20-24-43)39-15-10-8-11-16-39)54-49(56-50)44-25-21-42(22-26-44)40-17-12-9-13-18-40/h8-13,15-28,37-38,57H,5-7,14,29-36H2,1-4H3,(H,53,59). The molecule has 0 spiro atoms. The lowest BCUT2D eigenvalue weighted by Gasteiger charge is -2.28. The third-order valence-electron chi connectivity index (χ3n) is 10.3. The minimum Gasteiger partial charge on any atom is -0.507 e. The smallest absolute Gasteiger partial charge is 0.500 e. The normalized spacial score (nSPS) is 11.8. The first-order valence-corrected chi connectivity index (χ1v) is 24.9. The third-order valence-corrected chi connectivity index (χ3v) is 13.5. The second kappa shape index (κ2) is 26.7. The van der Waals surface area contributed by atoms with E-state index in [4.69, 9.17) is 51.9 Å². The van der Waals surface area contributed by atoms with Crippen molar-refractivity contribution >= 4 is 20.9 Å². The van der Waals surface area contributed by atoms with E-state index in [0.717, 1.165) is 33.4 Å². The molecule has 0 aliphatic rings. The highest BCUT2D eigenvalue weighted by molar-refractivity contribution is 6.60. The predicted molar refractivity (Wildman–Crippen MR) is 261 cm³/mol. The maximum atomic E-state index is 12.8. The van der Waals surface area contributed by atoms with Gasteiger partial charge in [-0.15, -0.1) is 0 Å². The van der Waals surface area contributed by atoms with Crippen LogP contribution < -0.4 is 10.1 Å². The van der Waals surface area contributed by atoms with Gasteiger partial charge in [0.15, 0.2) is 23.6 Å². The fourth-order valence-electron chi connectivity index (χ4n) is 7.05. The quantitative estimate of drug-likeness (QED) is 0.0283. The summed E-state index contributed by atoms with van der Waals surface area (Å²) in [5, 5.41) is 14.0. The van der Waals surface area contributed by atoms with Crippen molar-refractivity contribution in [3.8, 4) is 67.9 Å². The first-order chi connectivity index (χ1) is 33.2. The van der Waals surface area contributed by atoms with E-state index in [1.165, 1.54) is 6.07 Å². The Morgan fingerprint density at radius 1 is 0.574 bits per heavy atom. The van der Waals surface area contributed by atoms with Gasteiger partial charge in [0.25, 0.3) is 0 Å². The topological polar surface area (TPSA) is 179 Å². The zero-order chi connectivity index (χ0) is 48.0. The van der Waals surface area contributed by atoms with E-state index in [-0.39, 0.29) is 57.0 Å². The van der Waals surface area contributed by atoms with Crippen LogP contribution in [-0.2, 0) is 37.0 Å². The van der Waals surface area contributed by atoms with Crippen LogP contribution in [0, 0.1) is 0 Å². The average Bonchev–Trinajstić information content (AvgIpc) is 3.36. The van der Waals surface area contributed by atoms with Gasteiger partial charge in [0.1, 0.15) is 24.7 Å². The van der Waals surface area contributed by atoms with Gasteiger partial charge < -0.3 is 47.4 Å². The molecule has 1 heterocycles. The van der Waals surface area contributed by atoms with Gasteiger partial charge in [0.05, 0.1) is 32.0 Å². The molecule has 0 saturated carbocycles. The number of phenols is 1. The van der Waals surface area contributed by atoms with Gasteiger partial charge in [-0.3, -0.25) is 0 Å². The van der Waals surface area contributed by atoms with Crippen LogP contribution in [0.15, 0.2) is 127 Å². The van der Waals surface area contributed by atoms with E-state index in [0.29, 0.717) is 56.0 Å². The lowest BCUT2D eigenvalue weighted by atomic mass is 10.0. The third kappa shape index (κ3) is 15.2. The molecule has 1 aromatic heterocycles. The van der Waals surface area contributed by atoms with Gasteiger partial charge in [-0.2, -0.15) is 0 Å². The zero-order valence-electron chi connectivity index (χ0n) is 39.1. The number of esters is 1. The fraction of sp³-hybridized carbons (Fsp3) is 0.327. The van der Waals surface area contributed by atoms with Crippen molar-refractivity contribution in [1.29, 1.82) is 0 Å². The maximum Gasteiger partial charge on any atom is 0.500 e. The SMILES string of the molecule is CCO[Si](CCCNC(=O)OCCOCCOCCOC(=O)C(C)Oc1ccc(-c2nc(-c3ccc(-c4ccccc4)cc3)nc(-c3ccc(-c4ccccc4)cc3)n2)c(O)c1)(OCC)OCC. The molecule has 5 aromatic carbocycles. The Morgan fingerprint density at radius 2 is 1.03 bits per heavy atom. The molecule has 16 heteroatoms. The first-order valence-electron chi connectivity index (χ1n) is 22.9. The number of benzene rings is 5. The molecule has 6 rings (SSSR count). The summed E-state index contributed by atoms with van der Waals surface area (Å²) in [7, 11) is -2.76. The predicted octanol–water partition coefficient (Wildman–Crippen LogP) is 9.42. The van der Waals surface area contributed by atoms with Crippen LogP contribution in [0.2, 0.25) is 6.04 Å². The second-order valence-corrected chi connectivity index (χ2v) is 17.9. The number of phenolic OH excluding ortho intramolecular Hbond substituents is 1. The molecule has 15 nitrogen and oxygen atoms in total. The number of rotatable bonds is 27. The van der Waals surface area contributed by atoms with Crippen LogP contribution in [0.3, 0.4) is 0 Å². The van der Waals surface area contributed by atoms with E-state index in [9.17, 15) is 14.7 Å². The van der Waals surface area contributed by atoms with Gasteiger partial charge in [-0.1, -0.05) is 109 Å². The highest BCUT2D eigenvalue weighted by Crippen LogP contribution is 2.34. The molecule has 1 atom stereocenters. The molecule has 0 saturated heterocycles. The molecule has 1 amide bonds. The van der Waals surface area contributed by atoms with Crippen molar-refractivity contribution in [1.82, 2.24) is 20.3 Å². The number of carbonyl (C=O) groups excluding carboxylic acids is 2. The lowest BCUT2D eigenvalue weighted by Crippen LogP contribution is -2.46. The molecule has 0 bridgehead atoms. The molecule has 2 N–H and O–H groups in total. The molecule has 358 valence electrons. The van der Waals surface area contributed by atoms with Crippen LogP contribution in [0.4, 0.5) is 4.79 Å². The number of alkyl carbamates (subject to hydrolysis) is 1. The van der Waals surface area contributed by atoms with Gasteiger partial charge in [-0.05, 0) is 68.5 Å². The molecule has 0 aliphatic heterocycles. The van der Waals surface area contributed by atoms with Gasteiger partial charge >= 0.3 is 20.9 Å². The van der Waals surface area contributed by atoms with E-state index >= 15 is 0 Å². The van der Waals surface area contributed by atoms with Crippen molar-refractivity contribution in [3.05, 3.63) is 127 Å². The number of nitrogens with one attached hydrogen (secondary N) is 1. The number of hydrogen-bond donors (Lipinski definition) is 2. The summed E-state index contributed by atoms with van der Waals surface area (Å²) < 4.78 is 44.8. The molecule has 0 fully saturated rings. The lowest BCUT2D eigenvalue weighted by molar-refractivity contribution is -0.152. The monoisotopic (exact) mass is 944 g/mol. The number of ether oxygens (including phenoxy) is 5. The Kier molecular flexibility index (Phi) is 20.0. The number of hydrogen-bond acceptors (Lipinski definition) is 14. The molecule has 68 heavy (non-hydrogen) atoms. The zero-order valence-corrected chi connectivity index (χ0v) is 40.1. The number of nitrogens with zero attached hydrogens (tertiary/aromatic N) is 3. The van der Waals surface area contributed by atoms with Crippen LogP contribution >= 0.6 is 0 Å². The van der Waals surface area contributed by atoms with Gasteiger partial charge in [-0.25, -0.2) is 24.5 Å². The van der Waals surface area contributed by atoms with Crippen LogP contribution in [0.1, 0.15) is 34.1 Å². The average molecular weight is 945 g/mol. The van der Waals surface area contributed by atoms with E-state index in [2.05, 4.69) is 29.6 Å². The van der Waals surface area contributed by atoms with Crippen LogP contribution in [-0.4, -0.2) is 113 Å². The number of carbonyl (C=O) groups is 2. The molecular formula is C52H60N4O11Si. The molecule has 0 radical (unpaired) electrons. The summed E-state index contributed by atoms with van der Waals surface area (Å²) >= 11 is 0. The van der Waals surface area contributed by atoms with Crippen molar-refractivity contribution < 1.29 is 51.7 Å². The van der Waals surface area contributed by atoms with Crippen LogP contribution in [0.25, 0.3) is 56.4 Å². The van der Waals surface area contributed by atoms with E-state index in [1.54, 1.807) is 19.1 Å². The van der Waals surface area contributed by atoms with Gasteiger partial charge in [0, 0.05) is 49.6 Å². The number of amides is 1. The van der Waals surface area contributed by atoms with Crippen molar-refractivity contribution in [2.45, 2.75) is 46.3 Å². The Balaban J connectivity index is 0.953. The fourth-order valence-corrected chi connectivity index (χ4v) is 9.66. The summed E-state index contributed by atoms with van der Waals surface area (Å²) in [6.45, 7) is 10.1. The summed E-state index contributed by atoms with van der Waals surface area (Å²) in [4.78, 5) is 39.3. The maximum absolute atomic E-state index is 12.8. The van der Waals surface area contributed by atoms with E-state index < -0.39 is 27.0 Å². The summed E-state index contributed by atoms with van der Waals surface area (Å²) in [5.41, 5.74) is 6.21. The highest BCUT2D eigenvalue weighted by Gasteiger charge is 2.39. The second-order valence-electron chi connectivity index (χ2n) is 15.2. The van der Waals surface area contributed by atoms with E-state index in [1.807, 2.05) is 106 Å². The van der Waals surface area contributed by atoms with Crippen molar-refractivity contribution in [2.24, 2.45) is 0 Å². The minimum absolute atomic E-state index is 0.00265. The van der Waals surface area contributed by atoms with Crippen LogP contribution in [0.5, 0.6) is 11.5 Å². The van der Waals surface area contributed by atoms with Crippen molar-refractivity contribution in [2.75, 3.05) is 66.0 Å². The Bertz CT molecular complexity index is 2350. The largest absolute Gasteiger partial charge is 0.507 e. The number of aromatic hydroxyl groups is 1. The van der Waals surface area contributed by atoms with Crippen molar-refractivity contribution in [3.63, 3.8) is 0 Å². The molecule has 1 unspecified atom stereocenters. The highest BCUT2D eigenvalue weighted by atomic mass is 28.4. The summed E-state index contributed by atoms with van der Waals surface area (Å²) in [6, 6.07) is 41.5. The Labute approximate surface area is 399 Å². The molecule has 6 aromatic rings. The minimum atomic E-state index is -2.76. The summed E-state index contributed by atoms with van der Waals surface area (Å²) in [5.74, 6) is 0.632. The Hall–Kier alpha value is -6.53. The van der Waals surface area contributed by atoms with Gasteiger partial charge in [0.2, 0.25) is 0 Å². The summed E-state index contributed by atoms with van der Waals surface area (Å²) in [6.07, 6.45) is -0.896. The number of aromatic nitrogens is 3. The Morgan fingerprint density at radius 3 is 1.53 bits per heavy atom. The molecule has 0 aliphatic carbocycles. The first kappa shape index (κ1) is 50.9.